The van der Waals surface area contributed by atoms with E-state index in [4.69, 9.17) is 11.6 Å². The van der Waals surface area contributed by atoms with Gasteiger partial charge < -0.3 is 5.32 Å². The zero-order valence-corrected chi connectivity index (χ0v) is 10.1. The molecule has 1 aromatic rings. The van der Waals surface area contributed by atoms with Crippen molar-refractivity contribution >= 4 is 11.6 Å². The molecule has 3 heteroatoms. The quantitative estimate of drug-likeness (QED) is 0.837. The van der Waals surface area contributed by atoms with E-state index >= 15 is 0 Å². The summed E-state index contributed by atoms with van der Waals surface area (Å²) >= 11 is 6.03. The molecule has 1 N–H and O–H groups in total. The first-order chi connectivity index (χ1) is 7.75. The molecule has 1 aliphatic rings. The van der Waals surface area contributed by atoms with Crippen molar-refractivity contribution in [3.05, 3.63) is 34.6 Å². The highest BCUT2D eigenvalue weighted by Gasteiger charge is 2.14. The van der Waals surface area contributed by atoms with Gasteiger partial charge in [0.05, 0.1) is 0 Å². The molecule has 0 amide bonds. The predicted octanol–water partition coefficient (Wildman–Crippen LogP) is 3.41. The van der Waals surface area contributed by atoms with Crippen LogP contribution in [0.15, 0.2) is 18.2 Å². The Hall–Kier alpha value is -0.600. The van der Waals surface area contributed by atoms with Crippen LogP contribution in [0.25, 0.3) is 0 Å². The Morgan fingerprint density at radius 3 is 3.06 bits per heavy atom. The average Bonchev–Trinajstić information content (AvgIpc) is 2.51. The van der Waals surface area contributed by atoms with E-state index in [-0.39, 0.29) is 5.82 Å². The SMILES string of the molecule is Fc1ccc(CC2CCCCNC2)c(Cl)c1. The monoisotopic (exact) mass is 241 g/mol. The van der Waals surface area contributed by atoms with Crippen molar-refractivity contribution in [2.24, 2.45) is 5.92 Å². The summed E-state index contributed by atoms with van der Waals surface area (Å²) in [6.45, 7) is 2.17. The fourth-order valence-electron chi connectivity index (χ4n) is 2.26. The van der Waals surface area contributed by atoms with Crippen LogP contribution in [0.3, 0.4) is 0 Å². The lowest BCUT2D eigenvalue weighted by Crippen LogP contribution is -2.22. The molecule has 0 aliphatic carbocycles. The van der Waals surface area contributed by atoms with E-state index in [1.54, 1.807) is 0 Å². The summed E-state index contributed by atoms with van der Waals surface area (Å²) in [6, 6.07) is 4.70. The van der Waals surface area contributed by atoms with Gasteiger partial charge in [0.2, 0.25) is 0 Å². The van der Waals surface area contributed by atoms with Gasteiger partial charge in [0, 0.05) is 5.02 Å². The molecule has 1 fully saturated rings. The Labute approximate surface area is 101 Å². The highest BCUT2D eigenvalue weighted by Crippen LogP contribution is 2.23. The van der Waals surface area contributed by atoms with E-state index in [2.05, 4.69) is 5.32 Å². The van der Waals surface area contributed by atoms with Gasteiger partial charge in [0.15, 0.2) is 0 Å². The lowest BCUT2D eigenvalue weighted by Gasteiger charge is -2.15. The summed E-state index contributed by atoms with van der Waals surface area (Å²) < 4.78 is 12.9. The number of hydrogen-bond donors (Lipinski definition) is 1. The number of halogens is 2. The topological polar surface area (TPSA) is 12.0 Å². The highest BCUT2D eigenvalue weighted by molar-refractivity contribution is 6.31. The van der Waals surface area contributed by atoms with Crippen LogP contribution in [-0.2, 0) is 6.42 Å². The van der Waals surface area contributed by atoms with Crippen LogP contribution in [0.1, 0.15) is 24.8 Å². The second-order valence-electron chi connectivity index (χ2n) is 4.51. The molecule has 0 radical (unpaired) electrons. The first-order valence-electron chi connectivity index (χ1n) is 5.90. The molecule has 1 atom stereocenters. The zero-order valence-electron chi connectivity index (χ0n) is 9.31. The maximum absolute atomic E-state index is 12.9. The number of benzene rings is 1. The molecule has 1 aromatic carbocycles. The molecule has 1 saturated heterocycles. The summed E-state index contributed by atoms with van der Waals surface area (Å²) in [5, 5.41) is 3.99. The van der Waals surface area contributed by atoms with Crippen LogP contribution < -0.4 is 5.32 Å². The van der Waals surface area contributed by atoms with Crippen molar-refractivity contribution in [2.75, 3.05) is 13.1 Å². The summed E-state index contributed by atoms with van der Waals surface area (Å²) in [4.78, 5) is 0. The molecule has 0 spiro atoms. The molecule has 2 rings (SSSR count). The lowest BCUT2D eigenvalue weighted by molar-refractivity contribution is 0.477. The van der Waals surface area contributed by atoms with Crippen LogP contribution in [0, 0.1) is 11.7 Å². The van der Waals surface area contributed by atoms with E-state index in [0.29, 0.717) is 10.9 Å². The predicted molar refractivity (Wildman–Crippen MR) is 65.3 cm³/mol. The minimum atomic E-state index is -0.257. The van der Waals surface area contributed by atoms with Gasteiger partial charge in [0.1, 0.15) is 5.82 Å². The van der Waals surface area contributed by atoms with Crippen LogP contribution in [0.5, 0.6) is 0 Å². The largest absolute Gasteiger partial charge is 0.316 e. The van der Waals surface area contributed by atoms with Gasteiger partial charge in [-0.05, 0) is 56.0 Å². The third kappa shape index (κ3) is 3.19. The lowest BCUT2D eigenvalue weighted by atomic mass is 9.95. The molecule has 0 saturated carbocycles. The van der Waals surface area contributed by atoms with Gasteiger partial charge in [-0.15, -0.1) is 0 Å². The van der Waals surface area contributed by atoms with Gasteiger partial charge in [-0.1, -0.05) is 24.1 Å². The minimum Gasteiger partial charge on any atom is -0.316 e. The molecular formula is C13H17ClFN. The van der Waals surface area contributed by atoms with Gasteiger partial charge in [-0.2, -0.15) is 0 Å². The third-order valence-electron chi connectivity index (χ3n) is 3.17. The second kappa shape index (κ2) is 5.65. The Kier molecular flexibility index (Phi) is 4.19. The van der Waals surface area contributed by atoms with E-state index in [0.717, 1.165) is 25.1 Å². The van der Waals surface area contributed by atoms with E-state index in [1.807, 2.05) is 6.07 Å². The van der Waals surface area contributed by atoms with E-state index in [9.17, 15) is 4.39 Å². The zero-order chi connectivity index (χ0) is 11.4. The molecule has 16 heavy (non-hydrogen) atoms. The van der Waals surface area contributed by atoms with Crippen LogP contribution >= 0.6 is 11.6 Å². The first kappa shape index (κ1) is 11.9. The van der Waals surface area contributed by atoms with Gasteiger partial charge in [-0.3, -0.25) is 0 Å². The molecule has 1 heterocycles. The number of nitrogens with one attached hydrogen (secondary N) is 1. The van der Waals surface area contributed by atoms with Crippen molar-refractivity contribution < 1.29 is 4.39 Å². The average molecular weight is 242 g/mol. The molecule has 1 unspecified atom stereocenters. The number of hydrogen-bond acceptors (Lipinski definition) is 1. The van der Waals surface area contributed by atoms with Crippen molar-refractivity contribution in [3.8, 4) is 0 Å². The van der Waals surface area contributed by atoms with E-state index < -0.39 is 0 Å². The fraction of sp³-hybridized carbons (Fsp3) is 0.538. The summed E-state index contributed by atoms with van der Waals surface area (Å²) in [5.41, 5.74) is 1.07. The van der Waals surface area contributed by atoms with Crippen LogP contribution in [-0.4, -0.2) is 13.1 Å². The highest BCUT2D eigenvalue weighted by atomic mass is 35.5. The fourth-order valence-corrected chi connectivity index (χ4v) is 2.51. The Balaban J connectivity index is 2.01. The molecular weight excluding hydrogens is 225 g/mol. The van der Waals surface area contributed by atoms with Gasteiger partial charge in [0.25, 0.3) is 0 Å². The Morgan fingerprint density at radius 2 is 2.25 bits per heavy atom. The van der Waals surface area contributed by atoms with Crippen molar-refractivity contribution in [1.82, 2.24) is 5.32 Å². The summed E-state index contributed by atoms with van der Waals surface area (Å²) in [6.07, 6.45) is 4.72. The van der Waals surface area contributed by atoms with Crippen LogP contribution in [0.4, 0.5) is 4.39 Å². The van der Waals surface area contributed by atoms with Crippen molar-refractivity contribution in [2.45, 2.75) is 25.7 Å². The molecule has 1 nitrogen and oxygen atoms in total. The van der Waals surface area contributed by atoms with Crippen LogP contribution in [0.2, 0.25) is 5.02 Å². The standard InChI is InChI=1S/C13H17ClFN/c14-13-8-12(15)5-4-11(13)7-10-3-1-2-6-16-9-10/h4-5,8,10,16H,1-3,6-7,9H2. The summed E-state index contributed by atoms with van der Waals surface area (Å²) in [7, 11) is 0. The van der Waals surface area contributed by atoms with Crippen molar-refractivity contribution in [1.29, 1.82) is 0 Å². The Morgan fingerprint density at radius 1 is 1.38 bits per heavy atom. The normalized spacial score (nSPS) is 21.8. The second-order valence-corrected chi connectivity index (χ2v) is 4.91. The maximum atomic E-state index is 12.9. The molecule has 88 valence electrons. The smallest absolute Gasteiger partial charge is 0.124 e. The van der Waals surface area contributed by atoms with Crippen molar-refractivity contribution in [3.63, 3.8) is 0 Å². The Bertz CT molecular complexity index is 346. The number of rotatable bonds is 2. The third-order valence-corrected chi connectivity index (χ3v) is 3.52. The van der Waals surface area contributed by atoms with Gasteiger partial charge in [-0.25, -0.2) is 4.39 Å². The summed E-state index contributed by atoms with van der Waals surface area (Å²) in [5.74, 6) is 0.373. The minimum absolute atomic E-state index is 0.257. The molecule has 0 aromatic heterocycles. The van der Waals surface area contributed by atoms with E-state index in [1.165, 1.54) is 31.4 Å². The maximum Gasteiger partial charge on any atom is 0.124 e. The molecule has 0 bridgehead atoms. The molecule has 1 aliphatic heterocycles. The first-order valence-corrected chi connectivity index (χ1v) is 6.28. The van der Waals surface area contributed by atoms with Gasteiger partial charge >= 0.3 is 0 Å².